The molecular weight excluding hydrogens is 378 g/mol. The Hall–Kier alpha value is -4.00. The maximum atomic E-state index is 12.6. The number of benzene rings is 1. The second kappa shape index (κ2) is 7.44. The quantitative estimate of drug-likeness (QED) is 0.489. The number of H-pyrrole nitrogens is 1. The number of hydrogen-bond acceptors (Lipinski definition) is 4. The van der Waals surface area contributed by atoms with E-state index in [-0.39, 0.29) is 0 Å². The first kappa shape index (κ1) is 18.1. The fraction of sp³-hybridized carbons (Fsp3) is 0.130. The Labute approximate surface area is 172 Å². The van der Waals surface area contributed by atoms with Crippen LogP contribution in [-0.2, 0) is 22.6 Å². The third-order valence-corrected chi connectivity index (χ3v) is 5.31. The molecule has 0 saturated heterocycles. The SMILES string of the molecule is O=C1NC(=O)C(c2c[nH]c3ccccc23)=C1c1cn(CCCc2ccncc2)cn1. The molecule has 0 bridgehead atoms. The number of nitrogens with one attached hydrogen (secondary N) is 2. The van der Waals surface area contributed by atoms with E-state index in [0.717, 1.165) is 30.3 Å². The molecule has 1 aromatic carbocycles. The summed E-state index contributed by atoms with van der Waals surface area (Å²) >= 11 is 0. The van der Waals surface area contributed by atoms with Gasteiger partial charge in [0.2, 0.25) is 0 Å². The average Bonchev–Trinajstić information content (AvgIpc) is 3.46. The lowest BCUT2D eigenvalue weighted by Gasteiger charge is -2.03. The molecule has 0 fully saturated rings. The van der Waals surface area contributed by atoms with Crippen molar-refractivity contribution in [2.75, 3.05) is 0 Å². The molecule has 30 heavy (non-hydrogen) atoms. The number of carbonyl (C=O) groups excluding carboxylic acids is 2. The van der Waals surface area contributed by atoms with Gasteiger partial charge in [-0.25, -0.2) is 4.98 Å². The molecule has 0 saturated carbocycles. The van der Waals surface area contributed by atoms with E-state index in [1.807, 2.05) is 47.2 Å². The zero-order valence-electron chi connectivity index (χ0n) is 16.1. The van der Waals surface area contributed by atoms with E-state index in [9.17, 15) is 9.59 Å². The number of aromatic amines is 1. The second-order valence-electron chi connectivity index (χ2n) is 7.24. The highest BCUT2D eigenvalue weighted by Crippen LogP contribution is 2.34. The lowest BCUT2D eigenvalue weighted by atomic mass is 9.99. The summed E-state index contributed by atoms with van der Waals surface area (Å²) in [5.74, 6) is -0.811. The first-order valence-electron chi connectivity index (χ1n) is 9.78. The van der Waals surface area contributed by atoms with Crippen molar-refractivity contribution in [2.45, 2.75) is 19.4 Å². The fourth-order valence-corrected chi connectivity index (χ4v) is 3.86. The van der Waals surface area contributed by atoms with Crippen molar-refractivity contribution in [3.8, 4) is 0 Å². The number of amides is 2. The summed E-state index contributed by atoms with van der Waals surface area (Å²) in [6, 6.07) is 11.7. The number of pyridine rings is 1. The van der Waals surface area contributed by atoms with Crippen molar-refractivity contribution in [3.63, 3.8) is 0 Å². The molecule has 1 aliphatic rings. The first-order chi connectivity index (χ1) is 14.7. The number of carbonyl (C=O) groups is 2. The van der Waals surface area contributed by atoms with Crippen LogP contribution < -0.4 is 5.32 Å². The predicted molar refractivity (Wildman–Crippen MR) is 113 cm³/mol. The van der Waals surface area contributed by atoms with Crippen LogP contribution in [0.15, 0.2) is 67.5 Å². The minimum Gasteiger partial charge on any atom is -0.361 e. The highest BCUT2D eigenvalue weighted by molar-refractivity contribution is 6.49. The number of aromatic nitrogens is 4. The Morgan fingerprint density at radius 1 is 0.967 bits per heavy atom. The topological polar surface area (TPSA) is 92.7 Å². The van der Waals surface area contributed by atoms with Gasteiger partial charge in [0.1, 0.15) is 0 Å². The average molecular weight is 397 g/mol. The smallest absolute Gasteiger partial charge is 0.261 e. The van der Waals surface area contributed by atoms with Gasteiger partial charge in [0.05, 0.1) is 23.2 Å². The van der Waals surface area contributed by atoms with E-state index in [2.05, 4.69) is 20.3 Å². The first-order valence-corrected chi connectivity index (χ1v) is 9.78. The standard InChI is InChI=1S/C23H19N5O2/c29-22-20(17-12-25-18-6-2-1-5-16(17)18)21(23(30)27-22)19-13-28(14-26-19)11-3-4-15-7-9-24-10-8-15/h1-2,5-10,12-14,25H,3-4,11H2,(H,27,29,30). The summed E-state index contributed by atoms with van der Waals surface area (Å²) in [6.07, 6.45) is 10.7. The number of nitrogens with zero attached hydrogens (tertiary/aromatic N) is 3. The lowest BCUT2D eigenvalue weighted by molar-refractivity contribution is -0.122. The van der Waals surface area contributed by atoms with Crippen molar-refractivity contribution in [3.05, 3.63) is 84.3 Å². The Morgan fingerprint density at radius 2 is 1.77 bits per heavy atom. The molecule has 5 rings (SSSR count). The van der Waals surface area contributed by atoms with Gasteiger partial charge in [-0.1, -0.05) is 18.2 Å². The van der Waals surface area contributed by atoms with E-state index >= 15 is 0 Å². The molecule has 7 nitrogen and oxygen atoms in total. The molecule has 4 heterocycles. The van der Waals surface area contributed by atoms with Gasteiger partial charge in [-0.2, -0.15) is 0 Å². The molecule has 1 aliphatic heterocycles. The van der Waals surface area contributed by atoms with E-state index < -0.39 is 11.8 Å². The number of rotatable bonds is 6. The van der Waals surface area contributed by atoms with Crippen LogP contribution in [0.2, 0.25) is 0 Å². The molecule has 4 aromatic rings. The molecular formula is C23H19N5O2. The maximum Gasteiger partial charge on any atom is 0.261 e. The van der Waals surface area contributed by atoms with Crippen LogP contribution in [0.1, 0.15) is 23.2 Å². The van der Waals surface area contributed by atoms with Crippen molar-refractivity contribution in [2.24, 2.45) is 0 Å². The van der Waals surface area contributed by atoms with Crippen molar-refractivity contribution < 1.29 is 9.59 Å². The Balaban J connectivity index is 1.44. The monoisotopic (exact) mass is 397 g/mol. The molecule has 0 spiro atoms. The van der Waals surface area contributed by atoms with Crippen LogP contribution in [0.5, 0.6) is 0 Å². The van der Waals surface area contributed by atoms with Gasteiger partial charge in [0, 0.05) is 47.8 Å². The summed E-state index contributed by atoms with van der Waals surface area (Å²) in [4.78, 5) is 36.8. The molecule has 0 unspecified atom stereocenters. The fourth-order valence-electron chi connectivity index (χ4n) is 3.86. The van der Waals surface area contributed by atoms with Gasteiger partial charge in [-0.3, -0.25) is 19.9 Å². The van der Waals surface area contributed by atoms with Gasteiger partial charge < -0.3 is 9.55 Å². The number of imide groups is 1. The third kappa shape index (κ3) is 3.20. The van der Waals surface area contributed by atoms with Crippen molar-refractivity contribution in [1.29, 1.82) is 0 Å². The molecule has 2 N–H and O–H groups in total. The molecule has 0 radical (unpaired) electrons. The number of aryl methyl sites for hydroxylation is 2. The Morgan fingerprint density at radius 3 is 2.63 bits per heavy atom. The van der Waals surface area contributed by atoms with E-state index in [4.69, 9.17) is 0 Å². The van der Waals surface area contributed by atoms with Crippen LogP contribution in [0.4, 0.5) is 0 Å². The van der Waals surface area contributed by atoms with Gasteiger partial charge in [0.25, 0.3) is 11.8 Å². The zero-order valence-corrected chi connectivity index (χ0v) is 16.1. The van der Waals surface area contributed by atoms with E-state index in [0.29, 0.717) is 22.4 Å². The maximum absolute atomic E-state index is 12.6. The van der Waals surface area contributed by atoms with Gasteiger partial charge >= 0.3 is 0 Å². The molecule has 7 heteroatoms. The van der Waals surface area contributed by atoms with Gasteiger partial charge in [-0.15, -0.1) is 0 Å². The van der Waals surface area contributed by atoms with Crippen LogP contribution in [0, 0.1) is 0 Å². The summed E-state index contributed by atoms with van der Waals surface area (Å²) in [5.41, 5.74) is 4.03. The van der Waals surface area contributed by atoms with Crippen LogP contribution in [0.25, 0.3) is 22.0 Å². The highest BCUT2D eigenvalue weighted by Gasteiger charge is 2.34. The number of para-hydroxylation sites is 1. The van der Waals surface area contributed by atoms with Crippen LogP contribution >= 0.6 is 0 Å². The minimum atomic E-state index is -0.415. The van der Waals surface area contributed by atoms with Gasteiger partial charge in [-0.05, 0) is 36.6 Å². The normalized spacial score (nSPS) is 14.0. The Bertz CT molecular complexity index is 1280. The Kier molecular flexibility index (Phi) is 4.48. The molecule has 148 valence electrons. The largest absolute Gasteiger partial charge is 0.361 e. The number of fused-ring (bicyclic) bond motifs is 1. The summed E-state index contributed by atoms with van der Waals surface area (Å²) in [5, 5.41) is 3.32. The lowest BCUT2D eigenvalue weighted by Crippen LogP contribution is -2.22. The predicted octanol–water partition coefficient (Wildman–Crippen LogP) is 2.96. The van der Waals surface area contributed by atoms with Crippen molar-refractivity contribution in [1.82, 2.24) is 24.8 Å². The number of hydrogen-bond donors (Lipinski definition) is 2. The van der Waals surface area contributed by atoms with Crippen LogP contribution in [0.3, 0.4) is 0 Å². The third-order valence-electron chi connectivity index (χ3n) is 5.31. The van der Waals surface area contributed by atoms with E-state index in [1.165, 1.54) is 5.56 Å². The van der Waals surface area contributed by atoms with E-state index in [1.54, 1.807) is 24.9 Å². The van der Waals surface area contributed by atoms with Gasteiger partial charge in [0.15, 0.2) is 0 Å². The highest BCUT2D eigenvalue weighted by atomic mass is 16.2. The molecule has 0 aliphatic carbocycles. The molecule has 2 amide bonds. The molecule has 3 aromatic heterocycles. The summed E-state index contributed by atoms with van der Waals surface area (Å²) in [6.45, 7) is 0.764. The zero-order chi connectivity index (χ0) is 20.5. The number of imidazole rings is 1. The minimum absolute atomic E-state index is 0.317. The second-order valence-corrected chi connectivity index (χ2v) is 7.24. The van der Waals surface area contributed by atoms with Crippen molar-refractivity contribution >= 4 is 33.9 Å². The summed E-state index contributed by atoms with van der Waals surface area (Å²) in [7, 11) is 0. The summed E-state index contributed by atoms with van der Waals surface area (Å²) < 4.78 is 1.95. The molecule has 0 atom stereocenters. The van der Waals surface area contributed by atoms with Crippen LogP contribution in [-0.4, -0.2) is 31.3 Å².